The second-order valence-corrected chi connectivity index (χ2v) is 8.22. The Balaban J connectivity index is 1.80. The van der Waals surface area contributed by atoms with Gasteiger partial charge in [0.15, 0.2) is 5.16 Å². The number of amides is 1. The number of aromatic nitrogens is 2. The zero-order valence-corrected chi connectivity index (χ0v) is 15.5. The molecule has 1 amide bonds. The zero-order valence-electron chi connectivity index (χ0n) is 14.7. The molecule has 2 aromatic rings. The molecule has 0 radical (unpaired) electrons. The normalized spacial score (nSPS) is 19.6. The minimum atomic E-state index is -0.421. The molecule has 0 aliphatic heterocycles. The van der Waals surface area contributed by atoms with E-state index in [-0.39, 0.29) is 17.2 Å². The minimum Gasteiger partial charge on any atom is -0.369 e. The van der Waals surface area contributed by atoms with Crippen molar-refractivity contribution in [1.82, 2.24) is 9.97 Å². The number of primary amides is 1. The number of fused-ring (bicyclic) bond motifs is 3. The number of carbonyl (C=O) groups excluding carboxylic acids is 1. The fraction of sp³-hybridized carbons (Fsp3) is 0.450. The molecule has 0 spiro atoms. The molecule has 1 saturated carbocycles. The molecule has 26 heavy (non-hydrogen) atoms. The van der Waals surface area contributed by atoms with Crippen LogP contribution in [0.3, 0.4) is 0 Å². The molecule has 1 fully saturated rings. The molecule has 2 aliphatic rings. The number of carbonyl (C=O) groups is 1. The summed E-state index contributed by atoms with van der Waals surface area (Å²) in [5.41, 5.74) is 9.10. The highest BCUT2D eigenvalue weighted by atomic mass is 32.2. The maximum atomic E-state index is 13.0. The lowest BCUT2D eigenvalue weighted by Gasteiger charge is -2.34. The van der Waals surface area contributed by atoms with Gasteiger partial charge in [0, 0.05) is 11.1 Å². The van der Waals surface area contributed by atoms with Crippen molar-refractivity contribution in [2.45, 2.75) is 49.6 Å². The van der Waals surface area contributed by atoms with Crippen LogP contribution in [0.2, 0.25) is 0 Å². The summed E-state index contributed by atoms with van der Waals surface area (Å²) in [6.07, 6.45) is 7.07. The van der Waals surface area contributed by atoms with Gasteiger partial charge in [-0.05, 0) is 36.7 Å². The van der Waals surface area contributed by atoms with Crippen LogP contribution in [0.1, 0.15) is 49.1 Å². The van der Waals surface area contributed by atoms with E-state index < -0.39 is 5.91 Å². The fourth-order valence-corrected chi connectivity index (χ4v) is 5.03. The summed E-state index contributed by atoms with van der Waals surface area (Å²) in [7, 11) is 0. The molecular formula is C20H23N3O2S. The largest absolute Gasteiger partial charge is 0.369 e. The van der Waals surface area contributed by atoms with E-state index >= 15 is 0 Å². The SMILES string of the molecule is NC(=O)CSc1nc2c(c(=O)[nH]1)C(C1CCCCC1)Cc1ccccc1-2. The molecule has 4 rings (SSSR count). The third kappa shape index (κ3) is 3.30. The summed E-state index contributed by atoms with van der Waals surface area (Å²) in [5.74, 6) is 0.459. The van der Waals surface area contributed by atoms with Gasteiger partial charge in [0.25, 0.3) is 5.56 Å². The first-order valence-corrected chi connectivity index (χ1v) is 10.3. The van der Waals surface area contributed by atoms with E-state index in [1.54, 1.807) is 0 Å². The molecule has 6 heteroatoms. The van der Waals surface area contributed by atoms with Crippen LogP contribution in [0.15, 0.2) is 34.2 Å². The van der Waals surface area contributed by atoms with Gasteiger partial charge in [0.1, 0.15) is 0 Å². The smallest absolute Gasteiger partial charge is 0.255 e. The second-order valence-electron chi connectivity index (χ2n) is 7.25. The summed E-state index contributed by atoms with van der Waals surface area (Å²) >= 11 is 1.19. The van der Waals surface area contributed by atoms with Crippen molar-refractivity contribution >= 4 is 17.7 Å². The van der Waals surface area contributed by atoms with E-state index in [1.807, 2.05) is 12.1 Å². The van der Waals surface area contributed by atoms with Gasteiger partial charge in [0.05, 0.1) is 11.4 Å². The van der Waals surface area contributed by atoms with Crippen molar-refractivity contribution in [3.05, 3.63) is 45.7 Å². The Bertz CT molecular complexity index is 887. The summed E-state index contributed by atoms with van der Waals surface area (Å²) in [6.45, 7) is 0. The standard InChI is InChI=1S/C20H23N3O2S/c21-16(24)11-26-20-22-18-14-9-5-4-8-13(14)10-15(17(18)19(25)23-20)12-6-2-1-3-7-12/h4-5,8-9,12,15H,1-3,6-7,10-11H2,(H2,21,24)(H,22,23,25). The molecular weight excluding hydrogens is 346 g/mol. The second kappa shape index (κ2) is 7.27. The zero-order chi connectivity index (χ0) is 18.1. The van der Waals surface area contributed by atoms with Crippen LogP contribution >= 0.6 is 11.8 Å². The number of nitrogens with two attached hydrogens (primary N) is 1. The number of nitrogens with zero attached hydrogens (tertiary/aromatic N) is 1. The Morgan fingerprint density at radius 2 is 2.00 bits per heavy atom. The van der Waals surface area contributed by atoms with E-state index in [1.165, 1.54) is 49.4 Å². The monoisotopic (exact) mass is 369 g/mol. The van der Waals surface area contributed by atoms with Crippen molar-refractivity contribution in [3.8, 4) is 11.3 Å². The quantitative estimate of drug-likeness (QED) is 0.640. The van der Waals surface area contributed by atoms with Gasteiger partial charge in [-0.15, -0.1) is 0 Å². The van der Waals surface area contributed by atoms with Gasteiger partial charge >= 0.3 is 0 Å². The van der Waals surface area contributed by atoms with E-state index in [4.69, 9.17) is 10.7 Å². The van der Waals surface area contributed by atoms with Crippen LogP contribution in [0.4, 0.5) is 0 Å². The minimum absolute atomic E-state index is 0.0629. The molecule has 136 valence electrons. The maximum Gasteiger partial charge on any atom is 0.255 e. The number of aromatic amines is 1. The Hall–Kier alpha value is -2.08. The summed E-state index contributed by atoms with van der Waals surface area (Å²) in [5, 5.41) is 0.464. The number of hydrogen-bond acceptors (Lipinski definition) is 4. The predicted octanol–water partition coefficient (Wildman–Crippen LogP) is 3.23. The summed E-state index contributed by atoms with van der Waals surface area (Å²) in [4.78, 5) is 31.7. The molecule has 1 heterocycles. The van der Waals surface area contributed by atoms with Crippen molar-refractivity contribution in [2.24, 2.45) is 11.7 Å². The first-order chi connectivity index (χ1) is 12.6. The van der Waals surface area contributed by atoms with Crippen LogP contribution in [0.25, 0.3) is 11.3 Å². The molecule has 5 nitrogen and oxygen atoms in total. The number of nitrogens with one attached hydrogen (secondary N) is 1. The molecule has 1 aromatic carbocycles. The van der Waals surface area contributed by atoms with Crippen LogP contribution in [-0.4, -0.2) is 21.6 Å². The summed E-state index contributed by atoms with van der Waals surface area (Å²) < 4.78 is 0. The van der Waals surface area contributed by atoms with Gasteiger partial charge < -0.3 is 10.7 Å². The highest BCUT2D eigenvalue weighted by Crippen LogP contribution is 2.44. The van der Waals surface area contributed by atoms with Crippen molar-refractivity contribution in [1.29, 1.82) is 0 Å². The third-order valence-corrected chi connectivity index (χ3v) is 6.48. The number of H-pyrrole nitrogens is 1. The van der Waals surface area contributed by atoms with Gasteiger partial charge in [-0.3, -0.25) is 9.59 Å². The average Bonchev–Trinajstić information content (AvgIpc) is 2.66. The van der Waals surface area contributed by atoms with Crippen molar-refractivity contribution in [3.63, 3.8) is 0 Å². The average molecular weight is 369 g/mol. The number of rotatable bonds is 4. The van der Waals surface area contributed by atoms with Gasteiger partial charge in [-0.2, -0.15) is 0 Å². The van der Waals surface area contributed by atoms with E-state index in [0.717, 1.165) is 23.2 Å². The molecule has 0 saturated heterocycles. The van der Waals surface area contributed by atoms with E-state index in [2.05, 4.69) is 17.1 Å². The molecule has 1 atom stereocenters. The first-order valence-electron chi connectivity index (χ1n) is 9.27. The van der Waals surface area contributed by atoms with Crippen LogP contribution in [0, 0.1) is 5.92 Å². The third-order valence-electron chi connectivity index (χ3n) is 5.59. The van der Waals surface area contributed by atoms with Crippen molar-refractivity contribution < 1.29 is 4.79 Å². The Kier molecular flexibility index (Phi) is 4.85. The van der Waals surface area contributed by atoms with E-state index in [0.29, 0.717) is 11.1 Å². The lowest BCUT2D eigenvalue weighted by molar-refractivity contribution is -0.115. The predicted molar refractivity (Wildman–Crippen MR) is 103 cm³/mol. The highest BCUT2D eigenvalue weighted by Gasteiger charge is 2.34. The first kappa shape index (κ1) is 17.3. The molecule has 3 N–H and O–H groups in total. The van der Waals surface area contributed by atoms with Crippen LogP contribution < -0.4 is 11.3 Å². The molecule has 1 aromatic heterocycles. The fourth-order valence-electron chi connectivity index (χ4n) is 4.43. The number of thioether (sulfide) groups is 1. The topological polar surface area (TPSA) is 88.8 Å². The highest BCUT2D eigenvalue weighted by molar-refractivity contribution is 7.99. The van der Waals surface area contributed by atoms with Gasteiger partial charge in [-0.1, -0.05) is 55.3 Å². The number of benzene rings is 1. The Morgan fingerprint density at radius 1 is 1.23 bits per heavy atom. The molecule has 1 unspecified atom stereocenters. The Morgan fingerprint density at radius 3 is 2.77 bits per heavy atom. The van der Waals surface area contributed by atoms with Crippen molar-refractivity contribution in [2.75, 3.05) is 5.75 Å². The van der Waals surface area contributed by atoms with E-state index in [9.17, 15) is 9.59 Å². The van der Waals surface area contributed by atoms with Crippen LogP contribution in [-0.2, 0) is 11.2 Å². The van der Waals surface area contributed by atoms with Gasteiger partial charge in [-0.25, -0.2) is 4.98 Å². The van der Waals surface area contributed by atoms with Gasteiger partial charge in [0.2, 0.25) is 5.91 Å². The molecule has 2 aliphatic carbocycles. The molecule has 0 bridgehead atoms. The maximum absolute atomic E-state index is 13.0. The Labute approximate surface area is 156 Å². The summed E-state index contributed by atoms with van der Waals surface area (Å²) in [6, 6.07) is 8.23. The lowest BCUT2D eigenvalue weighted by Crippen LogP contribution is -2.30. The number of hydrogen-bond donors (Lipinski definition) is 2. The lowest BCUT2D eigenvalue weighted by atomic mass is 9.70. The van der Waals surface area contributed by atoms with Crippen LogP contribution in [0.5, 0.6) is 0 Å².